The third-order valence-corrected chi connectivity index (χ3v) is 10.2. The molecule has 0 radical (unpaired) electrons. The first kappa shape index (κ1) is 20.0. The van der Waals surface area contributed by atoms with Gasteiger partial charge in [-0.2, -0.15) is 0 Å². The molecule has 0 spiro atoms. The van der Waals surface area contributed by atoms with Crippen LogP contribution in [-0.2, 0) is 0 Å². The van der Waals surface area contributed by atoms with Crippen molar-refractivity contribution in [3.8, 4) is 0 Å². The van der Waals surface area contributed by atoms with E-state index in [1.54, 1.807) is 0 Å². The highest BCUT2D eigenvalue weighted by molar-refractivity contribution is 5.24. The fourth-order valence-electron chi connectivity index (χ4n) is 8.72. The molecule has 0 bridgehead atoms. The van der Waals surface area contributed by atoms with Gasteiger partial charge in [0.05, 0.1) is 0 Å². The molecule has 7 atom stereocenters. The molecule has 0 heterocycles. The minimum atomic E-state index is 0. The third kappa shape index (κ3) is 3.36. The summed E-state index contributed by atoms with van der Waals surface area (Å²) in [4.78, 5) is 0. The predicted octanol–water partition coefficient (Wildman–Crippen LogP) is 8.91. The van der Waals surface area contributed by atoms with Crippen LogP contribution in [0.4, 0.5) is 0 Å². The van der Waals surface area contributed by atoms with Crippen LogP contribution in [0.15, 0.2) is 11.6 Å². The van der Waals surface area contributed by atoms with E-state index >= 15 is 0 Å². The minimum absolute atomic E-state index is 0. The van der Waals surface area contributed by atoms with Crippen LogP contribution in [0.5, 0.6) is 0 Å². The predicted molar refractivity (Wildman–Crippen MR) is 122 cm³/mol. The molecule has 0 aromatic heterocycles. The van der Waals surface area contributed by atoms with E-state index < -0.39 is 0 Å². The molecule has 2 unspecified atom stereocenters. The molecule has 0 aliphatic heterocycles. The van der Waals surface area contributed by atoms with Crippen LogP contribution >= 0.6 is 0 Å². The molecule has 0 nitrogen and oxygen atoms in total. The number of hydrogen-bond donors (Lipinski definition) is 0. The van der Waals surface area contributed by atoms with Crippen molar-refractivity contribution in [2.75, 3.05) is 0 Å². The Hall–Kier alpha value is -0.260. The van der Waals surface area contributed by atoms with Gasteiger partial charge < -0.3 is 0 Å². The van der Waals surface area contributed by atoms with Gasteiger partial charge in [-0.25, -0.2) is 0 Å². The van der Waals surface area contributed by atoms with Crippen LogP contribution in [0.1, 0.15) is 115 Å². The monoisotopic (exact) mass is 374 g/mol. The number of hydrogen-bond acceptors (Lipinski definition) is 0. The molecule has 158 valence electrons. The number of rotatable bonds is 5. The van der Waals surface area contributed by atoms with Gasteiger partial charge in [-0.15, -0.1) is 0 Å². The fraction of sp³-hybridized carbons (Fsp3) is 0.926. The van der Waals surface area contributed by atoms with Crippen molar-refractivity contribution in [2.24, 2.45) is 46.3 Å². The van der Waals surface area contributed by atoms with Gasteiger partial charge in [-0.1, -0.05) is 72.0 Å². The Morgan fingerprint density at radius 3 is 2.59 bits per heavy atom. The molecule has 0 aromatic rings. The summed E-state index contributed by atoms with van der Waals surface area (Å²) < 4.78 is 0. The lowest BCUT2D eigenvalue weighted by Gasteiger charge is -2.58. The number of fused-ring (bicyclic) bond motifs is 5. The standard InChI is InChI=1S/C27H46.2H2/c1-19(2)9-8-10-20(3)23-14-15-24-22-13-12-21-11-6-7-17-26(21,4)25(22)16-18-27(23,24)5;;/h12,19-20,22-25H,6-11,13-18H2,1-5H3;2*1H/t20-,22+,23-,24?,25?,26+,27-;;/m1../s1. The molecule has 4 aliphatic rings. The Kier molecular flexibility index (Phi) is 5.59. The van der Waals surface area contributed by atoms with Crippen molar-refractivity contribution in [3.05, 3.63) is 11.6 Å². The van der Waals surface area contributed by atoms with Gasteiger partial charge in [0.15, 0.2) is 0 Å². The van der Waals surface area contributed by atoms with E-state index in [0.717, 1.165) is 35.5 Å². The molecule has 27 heavy (non-hydrogen) atoms. The summed E-state index contributed by atoms with van der Waals surface area (Å²) in [5.74, 6) is 5.84. The van der Waals surface area contributed by atoms with E-state index in [1.807, 2.05) is 5.57 Å². The van der Waals surface area contributed by atoms with Crippen LogP contribution in [0, 0.1) is 46.3 Å². The SMILES string of the molecule is CC(C)CCC[C@@H](C)[C@H]1CCC2[C@@H]3CC=C4CCCC[C@]4(C)C3CC[C@@]21C.[HH].[HH]. The first-order valence-electron chi connectivity index (χ1n) is 12.6. The third-order valence-electron chi connectivity index (χ3n) is 10.2. The Morgan fingerprint density at radius 2 is 1.81 bits per heavy atom. The average Bonchev–Trinajstić information content (AvgIpc) is 2.98. The maximum atomic E-state index is 2.74. The van der Waals surface area contributed by atoms with Gasteiger partial charge in [0.2, 0.25) is 0 Å². The Balaban J connectivity index is 0.00000150. The topological polar surface area (TPSA) is 0 Å². The van der Waals surface area contributed by atoms with Gasteiger partial charge in [0.25, 0.3) is 0 Å². The molecule has 3 saturated carbocycles. The normalized spacial score (nSPS) is 45.0. The molecular weight excluding hydrogens is 324 g/mol. The quantitative estimate of drug-likeness (QED) is 0.421. The molecule has 3 fully saturated rings. The molecule has 4 aliphatic carbocycles. The van der Waals surface area contributed by atoms with Crippen molar-refractivity contribution in [2.45, 2.75) is 112 Å². The van der Waals surface area contributed by atoms with Gasteiger partial charge in [0, 0.05) is 2.85 Å². The summed E-state index contributed by atoms with van der Waals surface area (Å²) in [5.41, 5.74) is 3.09. The van der Waals surface area contributed by atoms with Gasteiger partial charge in [-0.05, 0) is 97.7 Å². The second kappa shape index (κ2) is 7.53. The zero-order valence-corrected chi connectivity index (χ0v) is 19.0. The molecule has 0 N–H and O–H groups in total. The van der Waals surface area contributed by atoms with Gasteiger partial charge in [0.1, 0.15) is 0 Å². The zero-order valence-electron chi connectivity index (χ0n) is 19.0. The Morgan fingerprint density at radius 1 is 1.00 bits per heavy atom. The average molecular weight is 375 g/mol. The van der Waals surface area contributed by atoms with Crippen molar-refractivity contribution >= 4 is 0 Å². The molecule has 4 rings (SSSR count). The van der Waals surface area contributed by atoms with Crippen molar-refractivity contribution < 1.29 is 2.85 Å². The smallest absolute Gasteiger partial charge is 0 e. The van der Waals surface area contributed by atoms with E-state index in [4.69, 9.17) is 0 Å². The molecule has 0 amide bonds. The maximum absolute atomic E-state index is 2.74. The summed E-state index contributed by atoms with van der Waals surface area (Å²) in [6.45, 7) is 12.8. The highest BCUT2D eigenvalue weighted by Gasteiger charge is 2.58. The second-order valence-corrected chi connectivity index (χ2v) is 12.0. The van der Waals surface area contributed by atoms with Crippen LogP contribution < -0.4 is 0 Å². The summed E-state index contributed by atoms with van der Waals surface area (Å²) in [7, 11) is 0. The van der Waals surface area contributed by atoms with E-state index in [0.29, 0.717) is 10.8 Å². The summed E-state index contributed by atoms with van der Waals surface area (Å²) in [6, 6.07) is 0. The fourth-order valence-corrected chi connectivity index (χ4v) is 8.72. The van der Waals surface area contributed by atoms with Crippen LogP contribution in [0.25, 0.3) is 0 Å². The minimum Gasteiger partial charge on any atom is -0.0845 e. The lowest BCUT2D eigenvalue weighted by atomic mass is 9.47. The summed E-state index contributed by atoms with van der Waals surface area (Å²) in [5, 5.41) is 0. The Bertz CT molecular complexity index is 567. The molecular formula is C27H50. The Labute approximate surface area is 172 Å². The van der Waals surface area contributed by atoms with Crippen LogP contribution in [-0.4, -0.2) is 0 Å². The van der Waals surface area contributed by atoms with Crippen molar-refractivity contribution in [3.63, 3.8) is 0 Å². The molecule has 0 heteroatoms. The highest BCUT2D eigenvalue weighted by atomic mass is 14.6. The number of allylic oxidation sites excluding steroid dienone is 2. The lowest BCUT2D eigenvalue weighted by Crippen LogP contribution is -2.50. The molecule has 0 aromatic carbocycles. The van der Waals surface area contributed by atoms with E-state index in [-0.39, 0.29) is 2.85 Å². The highest BCUT2D eigenvalue weighted by Crippen LogP contribution is 2.67. The van der Waals surface area contributed by atoms with Gasteiger partial charge >= 0.3 is 0 Å². The van der Waals surface area contributed by atoms with Crippen molar-refractivity contribution in [1.82, 2.24) is 0 Å². The largest absolute Gasteiger partial charge is 0.0845 e. The van der Waals surface area contributed by atoms with Crippen LogP contribution in [0.3, 0.4) is 0 Å². The molecule has 0 saturated heterocycles. The lowest BCUT2D eigenvalue weighted by molar-refractivity contribution is -0.0500. The van der Waals surface area contributed by atoms with Crippen molar-refractivity contribution in [1.29, 1.82) is 0 Å². The summed E-state index contributed by atoms with van der Waals surface area (Å²) >= 11 is 0. The van der Waals surface area contributed by atoms with E-state index in [1.165, 1.54) is 77.0 Å². The van der Waals surface area contributed by atoms with Gasteiger partial charge in [-0.3, -0.25) is 0 Å². The zero-order chi connectivity index (χ0) is 19.2. The van der Waals surface area contributed by atoms with Crippen LogP contribution in [0.2, 0.25) is 0 Å². The van der Waals surface area contributed by atoms with E-state index in [2.05, 4.69) is 40.7 Å². The first-order valence-corrected chi connectivity index (χ1v) is 12.6. The van der Waals surface area contributed by atoms with E-state index in [9.17, 15) is 0 Å². The second-order valence-electron chi connectivity index (χ2n) is 12.0. The first-order chi connectivity index (χ1) is 12.9. The summed E-state index contributed by atoms with van der Waals surface area (Å²) in [6.07, 6.45) is 20.5. The maximum Gasteiger partial charge on any atom is 0 e.